The van der Waals surface area contributed by atoms with Crippen molar-refractivity contribution in [3.63, 3.8) is 0 Å². The second-order valence-electron chi connectivity index (χ2n) is 6.04. The molecule has 2 heterocycles. The number of non-ortho nitro benzene ring substituents is 1. The molecule has 0 radical (unpaired) electrons. The van der Waals surface area contributed by atoms with E-state index in [4.69, 9.17) is 0 Å². The number of fused-ring (bicyclic) bond motifs is 1. The molecule has 9 heteroatoms. The summed E-state index contributed by atoms with van der Waals surface area (Å²) < 4.78 is 16.4. The number of amides is 1. The molecule has 2 aromatic heterocycles. The number of aromatic nitrogens is 1. The van der Waals surface area contributed by atoms with Crippen LogP contribution < -0.4 is 5.43 Å². The van der Waals surface area contributed by atoms with Gasteiger partial charge in [0, 0.05) is 28.4 Å². The first-order chi connectivity index (χ1) is 14.0. The van der Waals surface area contributed by atoms with Gasteiger partial charge in [-0.3, -0.25) is 14.9 Å². The van der Waals surface area contributed by atoms with E-state index in [9.17, 15) is 19.3 Å². The van der Waals surface area contributed by atoms with Crippen LogP contribution in [0.1, 0.15) is 15.4 Å². The van der Waals surface area contributed by atoms with Gasteiger partial charge >= 0.3 is 0 Å². The number of nitrogens with one attached hydrogen (secondary N) is 1. The summed E-state index contributed by atoms with van der Waals surface area (Å²) in [6.07, 6.45) is 3.11. The quantitative estimate of drug-likeness (QED) is 0.299. The van der Waals surface area contributed by atoms with Crippen LogP contribution in [0.25, 0.3) is 15.8 Å². The summed E-state index contributed by atoms with van der Waals surface area (Å²) in [6.45, 7) is 0. The van der Waals surface area contributed by atoms with Gasteiger partial charge < -0.3 is 4.57 Å². The predicted molar refractivity (Wildman–Crippen MR) is 109 cm³/mol. The fourth-order valence-corrected chi connectivity index (χ4v) is 3.77. The molecule has 0 bridgehead atoms. The average molecular weight is 408 g/mol. The van der Waals surface area contributed by atoms with E-state index in [-0.39, 0.29) is 11.5 Å². The van der Waals surface area contributed by atoms with E-state index in [2.05, 4.69) is 10.5 Å². The highest BCUT2D eigenvalue weighted by molar-refractivity contribution is 7.20. The summed E-state index contributed by atoms with van der Waals surface area (Å²) in [5.41, 5.74) is 3.35. The zero-order valence-electron chi connectivity index (χ0n) is 14.8. The maximum atomic E-state index is 14.0. The van der Waals surface area contributed by atoms with E-state index >= 15 is 0 Å². The van der Waals surface area contributed by atoms with Gasteiger partial charge in [-0.2, -0.15) is 5.10 Å². The Bertz CT molecular complexity index is 1260. The lowest BCUT2D eigenvalue weighted by molar-refractivity contribution is -0.384. The molecule has 1 N–H and O–H groups in total. The number of para-hydroxylation sites is 1. The third-order valence-corrected chi connectivity index (χ3v) is 5.30. The Morgan fingerprint density at radius 3 is 2.79 bits per heavy atom. The number of hydrogen-bond acceptors (Lipinski definition) is 5. The van der Waals surface area contributed by atoms with Crippen molar-refractivity contribution in [1.82, 2.24) is 9.99 Å². The highest BCUT2D eigenvalue weighted by Gasteiger charge is 2.13. The molecule has 0 aliphatic rings. The van der Waals surface area contributed by atoms with Gasteiger partial charge in [0.1, 0.15) is 5.82 Å². The largest absolute Gasteiger partial charge is 0.313 e. The number of halogens is 1. The van der Waals surface area contributed by atoms with Gasteiger partial charge in [0.25, 0.3) is 11.6 Å². The van der Waals surface area contributed by atoms with Gasteiger partial charge in [0.2, 0.25) is 0 Å². The topological polar surface area (TPSA) is 89.5 Å². The lowest BCUT2D eigenvalue weighted by atomic mass is 10.2. The molecule has 0 aliphatic heterocycles. The Morgan fingerprint density at radius 2 is 2.00 bits per heavy atom. The van der Waals surface area contributed by atoms with Gasteiger partial charge in [-0.1, -0.05) is 12.1 Å². The van der Waals surface area contributed by atoms with Gasteiger partial charge in [0.05, 0.1) is 27.4 Å². The molecule has 29 heavy (non-hydrogen) atoms. The molecule has 0 spiro atoms. The van der Waals surface area contributed by atoms with Gasteiger partial charge in [-0.15, -0.1) is 11.3 Å². The Kier molecular flexibility index (Phi) is 4.88. The standard InChI is InChI=1S/C20H13FN4O3S/c21-16-5-1-2-6-17(16)24-9-3-4-15(24)12-22-23-20(26)19-11-13-10-14(25(27)28)7-8-18(13)29-19/h1-12H,(H,23,26)/b22-12-. The molecule has 4 rings (SSSR count). The molecule has 0 saturated carbocycles. The number of hydrogen-bond donors (Lipinski definition) is 1. The number of nitro benzene ring substituents is 1. The maximum Gasteiger partial charge on any atom is 0.281 e. The molecular formula is C20H13FN4O3S. The van der Waals surface area contributed by atoms with E-state index in [1.54, 1.807) is 53.2 Å². The molecule has 2 aromatic carbocycles. The van der Waals surface area contributed by atoms with E-state index in [0.717, 1.165) is 4.70 Å². The van der Waals surface area contributed by atoms with Crippen molar-refractivity contribution in [2.24, 2.45) is 5.10 Å². The predicted octanol–water partition coefficient (Wildman–Crippen LogP) is 4.50. The molecule has 144 valence electrons. The Hall–Kier alpha value is -3.85. The van der Waals surface area contributed by atoms with E-state index < -0.39 is 10.8 Å². The zero-order chi connectivity index (χ0) is 20.4. The monoisotopic (exact) mass is 408 g/mol. The molecule has 7 nitrogen and oxygen atoms in total. The third-order valence-electron chi connectivity index (χ3n) is 4.19. The first kappa shape index (κ1) is 18.5. The molecule has 0 fully saturated rings. The highest BCUT2D eigenvalue weighted by Crippen LogP contribution is 2.28. The fourth-order valence-electron chi connectivity index (χ4n) is 2.83. The van der Waals surface area contributed by atoms with Crippen molar-refractivity contribution in [1.29, 1.82) is 0 Å². The first-order valence-electron chi connectivity index (χ1n) is 8.46. The molecule has 1 amide bonds. The van der Waals surface area contributed by atoms with Gasteiger partial charge in [-0.05, 0) is 36.4 Å². The molecular weight excluding hydrogens is 395 g/mol. The Balaban J connectivity index is 1.51. The van der Waals surface area contributed by atoms with Crippen molar-refractivity contribution in [3.05, 3.63) is 93.4 Å². The Morgan fingerprint density at radius 1 is 1.17 bits per heavy atom. The Labute approximate surface area is 167 Å². The minimum absolute atomic E-state index is 0.0332. The number of nitro groups is 1. The summed E-state index contributed by atoms with van der Waals surface area (Å²) in [5, 5.41) is 15.4. The van der Waals surface area contributed by atoms with Gasteiger partial charge in [0.15, 0.2) is 0 Å². The van der Waals surface area contributed by atoms with Crippen molar-refractivity contribution in [2.75, 3.05) is 0 Å². The van der Waals surface area contributed by atoms with Crippen LogP contribution in [0.15, 0.2) is 72.0 Å². The minimum Gasteiger partial charge on any atom is -0.313 e. The van der Waals surface area contributed by atoms with Crippen molar-refractivity contribution in [2.45, 2.75) is 0 Å². The molecule has 0 atom stereocenters. The molecule has 4 aromatic rings. The van der Waals surface area contributed by atoms with E-state index in [1.165, 1.54) is 35.8 Å². The third kappa shape index (κ3) is 3.76. The van der Waals surface area contributed by atoms with Crippen molar-refractivity contribution < 1.29 is 14.1 Å². The smallest absolute Gasteiger partial charge is 0.281 e. The van der Waals surface area contributed by atoms with E-state index in [0.29, 0.717) is 21.6 Å². The van der Waals surface area contributed by atoms with Crippen LogP contribution in [0.5, 0.6) is 0 Å². The minimum atomic E-state index is -0.480. The maximum absolute atomic E-state index is 14.0. The second kappa shape index (κ2) is 7.64. The number of benzene rings is 2. The summed E-state index contributed by atoms with van der Waals surface area (Å²) in [7, 11) is 0. The summed E-state index contributed by atoms with van der Waals surface area (Å²) in [4.78, 5) is 23.1. The number of thiophene rings is 1. The number of hydrazone groups is 1. The van der Waals surface area contributed by atoms with Crippen LogP contribution in [-0.2, 0) is 0 Å². The molecule has 0 saturated heterocycles. The average Bonchev–Trinajstić information content (AvgIpc) is 3.34. The normalized spacial score (nSPS) is 11.2. The summed E-state index contributed by atoms with van der Waals surface area (Å²) >= 11 is 1.21. The van der Waals surface area contributed by atoms with Crippen molar-refractivity contribution >= 4 is 39.2 Å². The van der Waals surface area contributed by atoms with E-state index in [1.807, 2.05) is 0 Å². The van der Waals surface area contributed by atoms with Crippen LogP contribution in [-0.4, -0.2) is 21.6 Å². The lowest BCUT2D eigenvalue weighted by Crippen LogP contribution is -2.16. The first-order valence-corrected chi connectivity index (χ1v) is 9.28. The summed E-state index contributed by atoms with van der Waals surface area (Å²) in [6, 6.07) is 15.8. The van der Waals surface area contributed by atoms with Crippen molar-refractivity contribution in [3.8, 4) is 5.69 Å². The number of carbonyl (C=O) groups is 1. The zero-order valence-corrected chi connectivity index (χ0v) is 15.6. The van der Waals surface area contributed by atoms with Crippen LogP contribution in [0.3, 0.4) is 0 Å². The van der Waals surface area contributed by atoms with Crippen LogP contribution >= 0.6 is 11.3 Å². The molecule has 0 aliphatic carbocycles. The number of rotatable bonds is 5. The number of carbonyl (C=O) groups excluding carboxylic acids is 1. The van der Waals surface area contributed by atoms with Gasteiger partial charge in [-0.25, -0.2) is 9.82 Å². The summed E-state index contributed by atoms with van der Waals surface area (Å²) in [5.74, 6) is -0.809. The van der Waals surface area contributed by atoms with Crippen LogP contribution in [0, 0.1) is 15.9 Å². The lowest BCUT2D eigenvalue weighted by Gasteiger charge is -2.07. The second-order valence-corrected chi connectivity index (χ2v) is 7.13. The van der Waals surface area contributed by atoms with Crippen LogP contribution in [0.4, 0.5) is 10.1 Å². The van der Waals surface area contributed by atoms with Crippen LogP contribution in [0.2, 0.25) is 0 Å². The fraction of sp³-hybridized carbons (Fsp3) is 0. The SMILES string of the molecule is O=C(N/N=C\c1cccn1-c1ccccc1F)c1cc2cc([N+](=O)[O-])ccc2s1. The number of nitrogens with zero attached hydrogens (tertiary/aromatic N) is 3. The molecule has 0 unspecified atom stereocenters. The highest BCUT2D eigenvalue weighted by atomic mass is 32.1.